The number of methoxy groups -OCH3 is 1. The molecule has 1 fully saturated rings. The van der Waals surface area contributed by atoms with Crippen LogP contribution in [0.2, 0.25) is 0 Å². The number of esters is 1. The van der Waals surface area contributed by atoms with Crippen molar-refractivity contribution in [1.29, 1.82) is 0 Å². The summed E-state index contributed by atoms with van der Waals surface area (Å²) in [5.74, 6) is 0.171. The second kappa shape index (κ2) is 5.81. The summed E-state index contributed by atoms with van der Waals surface area (Å²) >= 11 is 0. The number of ether oxygens (including phenoxy) is 1. The van der Waals surface area contributed by atoms with Crippen molar-refractivity contribution >= 4 is 5.97 Å². The smallest absolute Gasteiger partial charge is 0.330 e. The van der Waals surface area contributed by atoms with Gasteiger partial charge in [0, 0.05) is 6.08 Å². The van der Waals surface area contributed by atoms with Gasteiger partial charge in [-0.05, 0) is 31.6 Å². The van der Waals surface area contributed by atoms with E-state index in [4.69, 9.17) is 0 Å². The van der Waals surface area contributed by atoms with Gasteiger partial charge in [-0.2, -0.15) is 0 Å². The van der Waals surface area contributed by atoms with Gasteiger partial charge in [-0.1, -0.05) is 12.5 Å². The minimum absolute atomic E-state index is 0.189. The summed E-state index contributed by atoms with van der Waals surface area (Å²) in [6.07, 6.45) is 8.03. The van der Waals surface area contributed by atoms with Gasteiger partial charge >= 0.3 is 5.97 Å². The first-order valence-electron chi connectivity index (χ1n) is 5.16. The Balaban J connectivity index is 2.07. The van der Waals surface area contributed by atoms with E-state index >= 15 is 0 Å². The largest absolute Gasteiger partial charge is 0.466 e. The molecule has 0 saturated heterocycles. The number of carbonyl (C=O) groups is 1. The van der Waals surface area contributed by atoms with Crippen molar-refractivity contribution in [3.63, 3.8) is 0 Å². The molecular formula is C11H18O3. The van der Waals surface area contributed by atoms with Crippen LogP contribution in [-0.2, 0) is 9.53 Å². The molecule has 0 radical (unpaired) electrons. The molecule has 1 saturated carbocycles. The third kappa shape index (κ3) is 3.50. The van der Waals surface area contributed by atoms with Gasteiger partial charge in [0.15, 0.2) is 0 Å². The lowest BCUT2D eigenvalue weighted by Gasteiger charge is -2.29. The van der Waals surface area contributed by atoms with Gasteiger partial charge < -0.3 is 9.84 Å². The van der Waals surface area contributed by atoms with Crippen LogP contribution in [0.15, 0.2) is 12.2 Å². The van der Waals surface area contributed by atoms with Gasteiger partial charge in [-0.15, -0.1) is 0 Å². The highest BCUT2D eigenvalue weighted by atomic mass is 16.5. The van der Waals surface area contributed by atoms with Gasteiger partial charge in [0.2, 0.25) is 0 Å². The molecule has 1 aliphatic rings. The molecule has 80 valence electrons. The summed E-state index contributed by atoms with van der Waals surface area (Å²) in [6, 6.07) is 0. The van der Waals surface area contributed by atoms with Crippen LogP contribution < -0.4 is 0 Å². The maximum atomic E-state index is 10.7. The number of hydrogen-bond donors (Lipinski definition) is 1. The first kappa shape index (κ1) is 11.2. The summed E-state index contributed by atoms with van der Waals surface area (Å²) in [5, 5.41) is 9.64. The van der Waals surface area contributed by atoms with Crippen LogP contribution in [-0.4, -0.2) is 24.3 Å². The van der Waals surface area contributed by atoms with Crippen LogP contribution in [0, 0.1) is 5.92 Å². The maximum absolute atomic E-state index is 10.7. The van der Waals surface area contributed by atoms with Gasteiger partial charge in [0.05, 0.1) is 13.2 Å². The molecule has 3 nitrogen and oxygen atoms in total. The predicted octanol–water partition coefficient (Wildman–Crippen LogP) is 1.66. The van der Waals surface area contributed by atoms with Gasteiger partial charge in [-0.3, -0.25) is 0 Å². The molecule has 1 N–H and O–H groups in total. The van der Waals surface area contributed by atoms with Gasteiger partial charge in [0.25, 0.3) is 0 Å². The first-order valence-corrected chi connectivity index (χ1v) is 5.16. The molecule has 0 amide bonds. The molecule has 3 heteroatoms. The molecule has 0 aromatic heterocycles. The minimum Gasteiger partial charge on any atom is -0.466 e. The number of carbonyl (C=O) groups excluding carboxylic acids is 1. The van der Waals surface area contributed by atoms with Crippen LogP contribution in [0.4, 0.5) is 0 Å². The SMILES string of the molecule is COC(=O)/C=C/CC[C@@H](O)C1CCC1. The van der Waals surface area contributed by atoms with Crippen LogP contribution in [0.5, 0.6) is 0 Å². The Morgan fingerprint density at radius 2 is 2.36 bits per heavy atom. The second-order valence-electron chi connectivity index (χ2n) is 3.76. The minimum atomic E-state index is -0.330. The maximum Gasteiger partial charge on any atom is 0.330 e. The lowest BCUT2D eigenvalue weighted by Crippen LogP contribution is -2.26. The van der Waals surface area contributed by atoms with Crippen LogP contribution in [0.3, 0.4) is 0 Å². The Morgan fingerprint density at radius 1 is 1.64 bits per heavy atom. The van der Waals surface area contributed by atoms with Crippen molar-refractivity contribution in [3.8, 4) is 0 Å². The van der Waals surface area contributed by atoms with E-state index in [0.29, 0.717) is 5.92 Å². The Morgan fingerprint density at radius 3 is 2.86 bits per heavy atom. The Bertz CT molecular complexity index is 207. The fourth-order valence-corrected chi connectivity index (χ4v) is 1.57. The number of rotatable bonds is 5. The van der Waals surface area contributed by atoms with Gasteiger partial charge in [-0.25, -0.2) is 4.79 Å². The lowest BCUT2D eigenvalue weighted by atomic mass is 9.80. The zero-order chi connectivity index (χ0) is 10.4. The molecule has 0 bridgehead atoms. The molecule has 1 rings (SSSR count). The summed E-state index contributed by atoms with van der Waals surface area (Å²) in [5.41, 5.74) is 0. The average Bonchev–Trinajstić information content (AvgIpc) is 2.09. The third-order valence-corrected chi connectivity index (χ3v) is 2.78. The van der Waals surface area contributed by atoms with E-state index in [2.05, 4.69) is 4.74 Å². The highest BCUT2D eigenvalue weighted by Crippen LogP contribution is 2.31. The molecule has 0 aliphatic heterocycles. The monoisotopic (exact) mass is 198 g/mol. The van der Waals surface area contributed by atoms with Crippen molar-refractivity contribution in [2.75, 3.05) is 7.11 Å². The Labute approximate surface area is 84.8 Å². The average molecular weight is 198 g/mol. The number of hydrogen-bond acceptors (Lipinski definition) is 3. The van der Waals surface area contributed by atoms with Crippen molar-refractivity contribution in [1.82, 2.24) is 0 Å². The summed E-state index contributed by atoms with van der Waals surface area (Å²) in [6.45, 7) is 0. The van der Waals surface area contributed by atoms with E-state index in [1.807, 2.05) is 0 Å². The lowest BCUT2D eigenvalue weighted by molar-refractivity contribution is -0.134. The topological polar surface area (TPSA) is 46.5 Å². The highest BCUT2D eigenvalue weighted by molar-refractivity contribution is 5.81. The highest BCUT2D eigenvalue weighted by Gasteiger charge is 2.24. The molecule has 0 unspecified atom stereocenters. The van der Waals surface area contributed by atoms with E-state index in [-0.39, 0.29) is 12.1 Å². The van der Waals surface area contributed by atoms with E-state index < -0.39 is 0 Å². The standard InChI is InChI=1S/C11H18O3/c1-14-11(13)8-3-2-7-10(12)9-5-4-6-9/h3,8-10,12H,2,4-7H2,1H3/b8-3+/t10-/m1/s1. The quantitative estimate of drug-likeness (QED) is 0.540. The second-order valence-corrected chi connectivity index (χ2v) is 3.76. The van der Waals surface area contributed by atoms with E-state index in [1.54, 1.807) is 6.08 Å². The van der Waals surface area contributed by atoms with Crippen molar-refractivity contribution in [2.45, 2.75) is 38.2 Å². The van der Waals surface area contributed by atoms with Crippen LogP contribution in [0.1, 0.15) is 32.1 Å². The number of allylic oxidation sites excluding steroid dienone is 1. The van der Waals surface area contributed by atoms with Gasteiger partial charge in [0.1, 0.15) is 0 Å². The summed E-state index contributed by atoms with van der Waals surface area (Å²) in [7, 11) is 1.36. The number of aliphatic hydroxyl groups is 1. The van der Waals surface area contributed by atoms with E-state index in [0.717, 1.165) is 25.7 Å². The molecular weight excluding hydrogens is 180 g/mol. The van der Waals surface area contributed by atoms with E-state index in [9.17, 15) is 9.90 Å². The van der Waals surface area contributed by atoms with Crippen LogP contribution >= 0.6 is 0 Å². The predicted molar refractivity (Wildman–Crippen MR) is 53.7 cm³/mol. The summed E-state index contributed by atoms with van der Waals surface area (Å²) < 4.78 is 4.45. The van der Waals surface area contributed by atoms with Crippen molar-refractivity contribution in [3.05, 3.63) is 12.2 Å². The third-order valence-electron chi connectivity index (χ3n) is 2.78. The zero-order valence-electron chi connectivity index (χ0n) is 8.61. The molecule has 1 aliphatic carbocycles. The van der Waals surface area contributed by atoms with Crippen molar-refractivity contribution < 1.29 is 14.6 Å². The fourth-order valence-electron chi connectivity index (χ4n) is 1.57. The van der Waals surface area contributed by atoms with E-state index in [1.165, 1.54) is 19.6 Å². The first-order chi connectivity index (χ1) is 6.74. The van der Waals surface area contributed by atoms with Crippen molar-refractivity contribution in [2.24, 2.45) is 5.92 Å². The number of aliphatic hydroxyl groups excluding tert-OH is 1. The molecule has 14 heavy (non-hydrogen) atoms. The Hall–Kier alpha value is -0.830. The molecule has 0 heterocycles. The van der Waals surface area contributed by atoms with Crippen LogP contribution in [0.25, 0.3) is 0 Å². The molecule has 1 atom stereocenters. The molecule has 0 aromatic carbocycles. The fraction of sp³-hybridized carbons (Fsp3) is 0.727. The normalized spacial score (nSPS) is 19.3. The molecule has 0 aromatic rings. The zero-order valence-corrected chi connectivity index (χ0v) is 8.61. The Kier molecular flexibility index (Phi) is 4.66. The summed E-state index contributed by atoms with van der Waals surface area (Å²) in [4.78, 5) is 10.7. The molecule has 0 spiro atoms.